The van der Waals surface area contributed by atoms with Crippen LogP contribution in [0.25, 0.3) is 16.5 Å². The smallest absolute Gasteiger partial charge is 0.354 e. The minimum absolute atomic E-state index is 0.138. The van der Waals surface area contributed by atoms with Crippen LogP contribution in [0.2, 0.25) is 10.0 Å². The maximum Gasteiger partial charge on any atom is 0.354 e. The van der Waals surface area contributed by atoms with Crippen molar-refractivity contribution in [2.24, 2.45) is 0 Å². The fourth-order valence-electron chi connectivity index (χ4n) is 3.08. The molecular weight excluding hydrogens is 399 g/mol. The van der Waals surface area contributed by atoms with Crippen LogP contribution in [0, 0.1) is 0 Å². The SMILES string of the molecule is C=C(Cc1c(C(=O)OC)[nH]c2cc(Cl)cc(Cl)c12)c1ccc(NC(C)=O)cc1. The van der Waals surface area contributed by atoms with Crippen molar-refractivity contribution in [1.82, 2.24) is 4.98 Å². The Kier molecular flexibility index (Phi) is 5.77. The van der Waals surface area contributed by atoms with Gasteiger partial charge in [0.05, 0.1) is 12.1 Å². The predicted octanol–water partition coefficient (Wildman–Crippen LogP) is 5.48. The Labute approximate surface area is 172 Å². The normalized spacial score (nSPS) is 10.7. The summed E-state index contributed by atoms with van der Waals surface area (Å²) in [5.41, 5.74) is 4.03. The number of methoxy groups -OCH3 is 1. The molecule has 5 nitrogen and oxygen atoms in total. The van der Waals surface area contributed by atoms with Crippen LogP contribution in [0.3, 0.4) is 0 Å². The highest BCUT2D eigenvalue weighted by molar-refractivity contribution is 6.39. The van der Waals surface area contributed by atoms with Crippen LogP contribution in [-0.4, -0.2) is 24.0 Å². The topological polar surface area (TPSA) is 71.2 Å². The quantitative estimate of drug-likeness (QED) is 0.541. The standard InChI is InChI=1S/C21H18Cl2N2O3/c1-11(13-4-6-15(7-5-13)24-12(2)26)8-16-19-17(23)9-14(22)10-18(19)25-20(16)21(27)28-3/h4-7,9-10,25H,1,8H2,2-3H3,(H,24,26). The first kappa shape index (κ1) is 20.0. The third kappa shape index (κ3) is 4.06. The van der Waals surface area contributed by atoms with Crippen LogP contribution < -0.4 is 5.32 Å². The van der Waals surface area contributed by atoms with Gasteiger partial charge in [-0.15, -0.1) is 0 Å². The van der Waals surface area contributed by atoms with Gasteiger partial charge in [-0.05, 0) is 41.0 Å². The van der Waals surface area contributed by atoms with Crippen molar-refractivity contribution < 1.29 is 14.3 Å². The molecule has 3 aromatic rings. The van der Waals surface area contributed by atoms with Crippen LogP contribution in [-0.2, 0) is 16.0 Å². The first-order valence-electron chi connectivity index (χ1n) is 8.44. The number of H-pyrrole nitrogens is 1. The molecule has 0 aliphatic heterocycles. The van der Waals surface area contributed by atoms with Crippen LogP contribution in [0.15, 0.2) is 43.0 Å². The molecule has 0 atom stereocenters. The van der Waals surface area contributed by atoms with E-state index in [9.17, 15) is 9.59 Å². The van der Waals surface area contributed by atoms with Gasteiger partial charge in [-0.2, -0.15) is 0 Å². The highest BCUT2D eigenvalue weighted by atomic mass is 35.5. The van der Waals surface area contributed by atoms with E-state index in [1.807, 2.05) is 12.1 Å². The van der Waals surface area contributed by atoms with Gasteiger partial charge in [0.25, 0.3) is 0 Å². The van der Waals surface area contributed by atoms with E-state index in [4.69, 9.17) is 27.9 Å². The molecule has 2 N–H and O–H groups in total. The van der Waals surface area contributed by atoms with Gasteiger partial charge in [0, 0.05) is 35.0 Å². The summed E-state index contributed by atoms with van der Waals surface area (Å²) in [4.78, 5) is 26.5. The molecule has 0 saturated carbocycles. The summed E-state index contributed by atoms with van der Waals surface area (Å²) in [5.74, 6) is -0.631. The summed E-state index contributed by atoms with van der Waals surface area (Å²) in [6.45, 7) is 5.60. The number of amides is 1. The van der Waals surface area contributed by atoms with Gasteiger partial charge >= 0.3 is 5.97 Å². The molecular formula is C21H18Cl2N2O3. The number of anilines is 1. The molecule has 2 aromatic carbocycles. The monoisotopic (exact) mass is 416 g/mol. The van der Waals surface area contributed by atoms with E-state index >= 15 is 0 Å². The summed E-state index contributed by atoms with van der Waals surface area (Å²) in [6.07, 6.45) is 0.380. The molecule has 0 aliphatic carbocycles. The molecule has 0 bridgehead atoms. The number of allylic oxidation sites excluding steroid dienone is 1. The van der Waals surface area contributed by atoms with Gasteiger partial charge in [-0.3, -0.25) is 4.79 Å². The molecule has 0 radical (unpaired) electrons. The van der Waals surface area contributed by atoms with Gasteiger partial charge in [-0.1, -0.05) is 41.9 Å². The Bertz CT molecular complexity index is 1090. The van der Waals surface area contributed by atoms with E-state index < -0.39 is 5.97 Å². The van der Waals surface area contributed by atoms with E-state index in [2.05, 4.69) is 16.9 Å². The van der Waals surface area contributed by atoms with Crippen molar-refractivity contribution in [1.29, 1.82) is 0 Å². The molecule has 0 fully saturated rings. The Morgan fingerprint density at radius 2 is 1.86 bits per heavy atom. The highest BCUT2D eigenvalue weighted by Gasteiger charge is 2.21. The second-order valence-electron chi connectivity index (χ2n) is 6.32. The van der Waals surface area contributed by atoms with Crippen LogP contribution in [0.5, 0.6) is 0 Å². The Morgan fingerprint density at radius 3 is 2.46 bits per heavy atom. The second kappa shape index (κ2) is 8.09. The number of aromatic nitrogens is 1. The van der Waals surface area contributed by atoms with E-state index in [1.165, 1.54) is 14.0 Å². The number of aromatic amines is 1. The fourth-order valence-corrected chi connectivity index (χ4v) is 3.68. The maximum atomic E-state index is 12.3. The number of carbonyl (C=O) groups excluding carboxylic acids is 2. The van der Waals surface area contributed by atoms with E-state index in [0.717, 1.165) is 11.1 Å². The van der Waals surface area contributed by atoms with Gasteiger partial charge in [0.2, 0.25) is 5.91 Å². The lowest BCUT2D eigenvalue weighted by Crippen LogP contribution is -2.06. The average molecular weight is 417 g/mol. The molecule has 0 aliphatic rings. The Balaban J connectivity index is 1.99. The van der Waals surface area contributed by atoms with Crippen molar-refractivity contribution >= 4 is 57.2 Å². The average Bonchev–Trinajstić information content (AvgIpc) is 2.99. The number of nitrogens with one attached hydrogen (secondary N) is 2. The lowest BCUT2D eigenvalue weighted by Gasteiger charge is -2.10. The molecule has 0 spiro atoms. The number of benzene rings is 2. The highest BCUT2D eigenvalue weighted by Crippen LogP contribution is 2.35. The number of rotatable bonds is 5. The van der Waals surface area contributed by atoms with Gasteiger partial charge < -0.3 is 15.0 Å². The zero-order valence-corrected chi connectivity index (χ0v) is 16.9. The maximum absolute atomic E-state index is 12.3. The molecule has 1 aromatic heterocycles. The molecule has 28 heavy (non-hydrogen) atoms. The number of hydrogen-bond donors (Lipinski definition) is 2. The molecule has 0 unspecified atom stereocenters. The zero-order chi connectivity index (χ0) is 20.4. The summed E-state index contributed by atoms with van der Waals surface area (Å²) in [5, 5.41) is 4.34. The summed E-state index contributed by atoms with van der Waals surface area (Å²) < 4.78 is 4.90. The van der Waals surface area contributed by atoms with E-state index in [-0.39, 0.29) is 5.91 Å². The van der Waals surface area contributed by atoms with E-state index in [1.54, 1.807) is 24.3 Å². The third-order valence-electron chi connectivity index (χ3n) is 4.31. The number of ether oxygens (including phenoxy) is 1. The Morgan fingerprint density at radius 1 is 1.18 bits per heavy atom. The first-order valence-corrected chi connectivity index (χ1v) is 9.19. The number of carbonyl (C=O) groups is 2. The number of fused-ring (bicyclic) bond motifs is 1. The molecule has 1 amide bonds. The van der Waals surface area contributed by atoms with Crippen molar-refractivity contribution in [3.8, 4) is 0 Å². The Hall–Kier alpha value is -2.76. The van der Waals surface area contributed by atoms with Crippen molar-refractivity contribution in [3.05, 3.63) is 69.8 Å². The largest absolute Gasteiger partial charge is 0.464 e. The van der Waals surface area contributed by atoms with Crippen molar-refractivity contribution in [3.63, 3.8) is 0 Å². The zero-order valence-electron chi connectivity index (χ0n) is 15.4. The van der Waals surface area contributed by atoms with Crippen LogP contribution in [0.4, 0.5) is 5.69 Å². The van der Waals surface area contributed by atoms with Gasteiger partial charge in [0.1, 0.15) is 5.69 Å². The summed E-state index contributed by atoms with van der Waals surface area (Å²) in [7, 11) is 1.32. The molecule has 0 saturated heterocycles. The minimum Gasteiger partial charge on any atom is -0.464 e. The van der Waals surface area contributed by atoms with Crippen molar-refractivity contribution in [2.45, 2.75) is 13.3 Å². The first-order chi connectivity index (χ1) is 13.3. The summed E-state index contributed by atoms with van der Waals surface area (Å²) in [6, 6.07) is 10.7. The number of halogens is 2. The summed E-state index contributed by atoms with van der Waals surface area (Å²) >= 11 is 12.5. The van der Waals surface area contributed by atoms with Gasteiger partial charge in [0.15, 0.2) is 0 Å². The van der Waals surface area contributed by atoms with Gasteiger partial charge in [-0.25, -0.2) is 4.79 Å². The fraction of sp³-hybridized carbons (Fsp3) is 0.143. The second-order valence-corrected chi connectivity index (χ2v) is 7.16. The predicted molar refractivity (Wildman–Crippen MR) is 113 cm³/mol. The molecule has 7 heteroatoms. The molecule has 3 rings (SSSR count). The van der Waals surface area contributed by atoms with Crippen LogP contribution >= 0.6 is 23.2 Å². The van der Waals surface area contributed by atoms with Crippen molar-refractivity contribution in [2.75, 3.05) is 12.4 Å². The van der Waals surface area contributed by atoms with Crippen LogP contribution in [0.1, 0.15) is 28.5 Å². The molecule has 144 valence electrons. The molecule has 1 heterocycles. The minimum atomic E-state index is -0.493. The number of hydrogen-bond acceptors (Lipinski definition) is 3. The number of esters is 1. The third-order valence-corrected chi connectivity index (χ3v) is 4.83. The lowest BCUT2D eigenvalue weighted by molar-refractivity contribution is -0.114. The lowest BCUT2D eigenvalue weighted by atomic mass is 9.97. The van der Waals surface area contributed by atoms with E-state index in [0.29, 0.717) is 44.3 Å².